The molecule has 4 nitrogen and oxygen atoms in total. The second kappa shape index (κ2) is 9.13. The highest BCUT2D eigenvalue weighted by Crippen LogP contribution is 2.11. The van der Waals surface area contributed by atoms with Crippen LogP contribution in [0.3, 0.4) is 0 Å². The summed E-state index contributed by atoms with van der Waals surface area (Å²) >= 11 is 0. The number of nitrogens with one attached hydrogen (secondary N) is 1. The number of anilines is 1. The van der Waals surface area contributed by atoms with Crippen LogP contribution < -0.4 is 10.3 Å². The van der Waals surface area contributed by atoms with Gasteiger partial charge in [-0.15, -0.1) is 0 Å². The first-order chi connectivity index (χ1) is 9.65. The van der Waals surface area contributed by atoms with E-state index in [4.69, 9.17) is 0 Å². The van der Waals surface area contributed by atoms with Crippen molar-refractivity contribution in [2.45, 2.75) is 39.0 Å². The van der Waals surface area contributed by atoms with E-state index in [0.29, 0.717) is 5.56 Å². The van der Waals surface area contributed by atoms with Crippen LogP contribution in [0, 0.1) is 0 Å². The van der Waals surface area contributed by atoms with E-state index < -0.39 is 0 Å². The summed E-state index contributed by atoms with van der Waals surface area (Å²) in [5, 5.41) is 3.97. The Morgan fingerprint density at radius 2 is 1.90 bits per heavy atom. The lowest BCUT2D eigenvalue weighted by Gasteiger charge is -2.12. The van der Waals surface area contributed by atoms with Crippen molar-refractivity contribution in [3.8, 4) is 0 Å². The van der Waals surface area contributed by atoms with Crippen LogP contribution in [-0.2, 0) is 0 Å². The van der Waals surface area contributed by atoms with Gasteiger partial charge in [0, 0.05) is 31.6 Å². The molecule has 1 rings (SSSR count). The molecule has 0 atom stereocenters. The summed E-state index contributed by atoms with van der Waals surface area (Å²) in [6.45, 7) is 2.19. The Morgan fingerprint density at radius 1 is 1.20 bits per heavy atom. The van der Waals surface area contributed by atoms with Crippen molar-refractivity contribution in [2.75, 3.05) is 19.0 Å². The largest absolute Gasteiger partial charge is 0.378 e. The van der Waals surface area contributed by atoms with Gasteiger partial charge < -0.3 is 4.90 Å². The average Bonchev–Trinajstić information content (AvgIpc) is 2.46. The number of amides is 1. The van der Waals surface area contributed by atoms with E-state index in [2.05, 4.69) is 17.5 Å². The van der Waals surface area contributed by atoms with Gasteiger partial charge in [-0.2, -0.15) is 5.10 Å². The Morgan fingerprint density at radius 3 is 2.50 bits per heavy atom. The zero-order valence-corrected chi connectivity index (χ0v) is 12.7. The summed E-state index contributed by atoms with van der Waals surface area (Å²) in [5.74, 6) is -0.167. The molecular weight excluding hydrogens is 250 g/mol. The SMILES string of the molecule is CCCCCCC=NNC(=O)c1ccc(N(C)C)cc1. The minimum atomic E-state index is -0.167. The third-order valence-electron chi connectivity index (χ3n) is 3.09. The molecule has 0 saturated heterocycles. The molecule has 0 bridgehead atoms. The standard InChI is InChI=1S/C16H25N3O/c1-4-5-6-7-8-13-17-18-16(20)14-9-11-15(12-10-14)19(2)3/h9-13H,4-8H2,1-3H3,(H,18,20). The fourth-order valence-corrected chi connectivity index (χ4v) is 1.81. The molecule has 1 aromatic rings. The van der Waals surface area contributed by atoms with Crippen molar-refractivity contribution in [2.24, 2.45) is 5.10 Å². The maximum Gasteiger partial charge on any atom is 0.271 e. The van der Waals surface area contributed by atoms with E-state index in [1.165, 1.54) is 19.3 Å². The van der Waals surface area contributed by atoms with Crippen molar-refractivity contribution >= 4 is 17.8 Å². The number of carbonyl (C=O) groups is 1. The number of hydrogen-bond donors (Lipinski definition) is 1. The van der Waals surface area contributed by atoms with E-state index in [-0.39, 0.29) is 5.91 Å². The van der Waals surface area contributed by atoms with Crippen molar-refractivity contribution < 1.29 is 4.79 Å². The molecule has 1 N–H and O–H groups in total. The molecule has 20 heavy (non-hydrogen) atoms. The summed E-state index contributed by atoms with van der Waals surface area (Å²) in [4.78, 5) is 13.8. The zero-order valence-electron chi connectivity index (χ0n) is 12.7. The third kappa shape index (κ3) is 5.87. The van der Waals surface area contributed by atoms with Crippen molar-refractivity contribution in [1.82, 2.24) is 5.43 Å². The quantitative estimate of drug-likeness (QED) is 0.449. The molecule has 4 heteroatoms. The van der Waals surface area contributed by atoms with Gasteiger partial charge in [0.05, 0.1) is 0 Å². The molecule has 0 fully saturated rings. The Labute approximate surface area is 121 Å². The number of nitrogens with zero attached hydrogens (tertiary/aromatic N) is 2. The van der Waals surface area contributed by atoms with Gasteiger partial charge in [-0.3, -0.25) is 4.79 Å². The van der Waals surface area contributed by atoms with E-state index in [1.54, 1.807) is 18.3 Å². The number of benzene rings is 1. The molecule has 1 aromatic carbocycles. The predicted molar refractivity (Wildman–Crippen MR) is 85.5 cm³/mol. The van der Waals surface area contributed by atoms with E-state index in [9.17, 15) is 4.79 Å². The lowest BCUT2D eigenvalue weighted by atomic mass is 10.2. The summed E-state index contributed by atoms with van der Waals surface area (Å²) in [6.07, 6.45) is 7.55. The van der Waals surface area contributed by atoms with Crippen LogP contribution in [0.2, 0.25) is 0 Å². The van der Waals surface area contributed by atoms with Crippen molar-refractivity contribution in [3.05, 3.63) is 29.8 Å². The van der Waals surface area contributed by atoms with Gasteiger partial charge in [0.25, 0.3) is 5.91 Å². The molecule has 0 spiro atoms. The Balaban J connectivity index is 2.33. The second-order valence-electron chi connectivity index (χ2n) is 5.04. The van der Waals surface area contributed by atoms with Crippen LogP contribution in [-0.4, -0.2) is 26.2 Å². The van der Waals surface area contributed by atoms with Gasteiger partial charge in [-0.05, 0) is 37.1 Å². The predicted octanol–water partition coefficient (Wildman–Crippen LogP) is 3.44. The van der Waals surface area contributed by atoms with Gasteiger partial charge in [0.15, 0.2) is 0 Å². The lowest BCUT2D eigenvalue weighted by molar-refractivity contribution is 0.0955. The molecule has 0 saturated carbocycles. The molecule has 0 radical (unpaired) electrons. The fourth-order valence-electron chi connectivity index (χ4n) is 1.81. The Kier molecular flexibility index (Phi) is 7.40. The molecule has 0 unspecified atom stereocenters. The van der Waals surface area contributed by atoms with Crippen LogP contribution in [0.1, 0.15) is 49.4 Å². The molecule has 0 aliphatic rings. The number of hydrazone groups is 1. The highest BCUT2D eigenvalue weighted by Gasteiger charge is 2.04. The number of hydrogen-bond acceptors (Lipinski definition) is 3. The molecule has 1 amide bonds. The minimum absolute atomic E-state index is 0.167. The maximum atomic E-state index is 11.8. The monoisotopic (exact) mass is 275 g/mol. The van der Waals surface area contributed by atoms with Crippen LogP contribution >= 0.6 is 0 Å². The summed E-state index contributed by atoms with van der Waals surface area (Å²) in [7, 11) is 3.94. The van der Waals surface area contributed by atoms with Crippen molar-refractivity contribution in [1.29, 1.82) is 0 Å². The van der Waals surface area contributed by atoms with E-state index in [0.717, 1.165) is 18.5 Å². The summed E-state index contributed by atoms with van der Waals surface area (Å²) < 4.78 is 0. The Bertz CT molecular complexity index is 424. The first-order valence-electron chi connectivity index (χ1n) is 7.24. The highest BCUT2D eigenvalue weighted by atomic mass is 16.2. The van der Waals surface area contributed by atoms with Gasteiger partial charge in [-0.25, -0.2) is 5.43 Å². The molecule has 0 aliphatic heterocycles. The van der Waals surface area contributed by atoms with Gasteiger partial charge in [0.1, 0.15) is 0 Å². The average molecular weight is 275 g/mol. The van der Waals surface area contributed by atoms with Crippen LogP contribution in [0.5, 0.6) is 0 Å². The van der Waals surface area contributed by atoms with Crippen LogP contribution in [0.15, 0.2) is 29.4 Å². The smallest absolute Gasteiger partial charge is 0.271 e. The third-order valence-corrected chi connectivity index (χ3v) is 3.09. The first-order valence-corrected chi connectivity index (χ1v) is 7.24. The van der Waals surface area contributed by atoms with Crippen LogP contribution in [0.25, 0.3) is 0 Å². The van der Waals surface area contributed by atoms with Gasteiger partial charge >= 0.3 is 0 Å². The van der Waals surface area contributed by atoms with E-state index >= 15 is 0 Å². The van der Waals surface area contributed by atoms with Gasteiger partial charge in [0.2, 0.25) is 0 Å². The first kappa shape index (κ1) is 16.2. The number of unbranched alkanes of at least 4 members (excludes halogenated alkanes) is 4. The highest BCUT2D eigenvalue weighted by molar-refractivity contribution is 5.94. The summed E-state index contributed by atoms with van der Waals surface area (Å²) in [6, 6.07) is 7.45. The number of carbonyl (C=O) groups excluding carboxylic acids is 1. The zero-order chi connectivity index (χ0) is 14.8. The second-order valence-corrected chi connectivity index (χ2v) is 5.04. The maximum absolute atomic E-state index is 11.8. The Hall–Kier alpha value is -1.84. The lowest BCUT2D eigenvalue weighted by Crippen LogP contribution is -2.17. The minimum Gasteiger partial charge on any atom is -0.378 e. The molecule has 0 aromatic heterocycles. The van der Waals surface area contributed by atoms with Crippen LogP contribution in [0.4, 0.5) is 5.69 Å². The fraction of sp³-hybridized carbons (Fsp3) is 0.500. The molecule has 0 heterocycles. The number of rotatable bonds is 8. The molecule has 0 aliphatic carbocycles. The summed E-state index contributed by atoms with van der Waals surface area (Å²) in [5.41, 5.74) is 4.25. The van der Waals surface area contributed by atoms with E-state index in [1.807, 2.05) is 31.1 Å². The molecule has 110 valence electrons. The molecular formula is C16H25N3O. The van der Waals surface area contributed by atoms with Crippen molar-refractivity contribution in [3.63, 3.8) is 0 Å². The topological polar surface area (TPSA) is 44.7 Å². The normalized spacial score (nSPS) is 10.8. The van der Waals surface area contributed by atoms with Gasteiger partial charge in [-0.1, -0.05) is 26.2 Å².